The largest absolute Gasteiger partial charge is 0.471 e. The summed E-state index contributed by atoms with van der Waals surface area (Å²) in [6.07, 6.45) is 1.27. The molecule has 3 aromatic rings. The molecule has 0 radical (unpaired) electrons. The van der Waals surface area contributed by atoms with Crippen LogP contribution in [-0.4, -0.2) is 30.2 Å². The van der Waals surface area contributed by atoms with E-state index in [1.165, 1.54) is 10.8 Å². The second-order valence-electron chi connectivity index (χ2n) is 5.61. The van der Waals surface area contributed by atoms with E-state index in [1.54, 1.807) is 29.6 Å². The third-order valence-corrected chi connectivity index (χ3v) is 5.15. The number of carbonyl (C=O) groups excluding carboxylic acids is 1. The Kier molecular flexibility index (Phi) is 5.38. The minimum absolute atomic E-state index is 0.242. The average Bonchev–Trinajstić information content (AvgIpc) is 3.23. The third-order valence-electron chi connectivity index (χ3n) is 3.84. The zero-order valence-electron chi connectivity index (χ0n) is 13.8. The van der Waals surface area contributed by atoms with E-state index in [-0.39, 0.29) is 10.8 Å². The van der Waals surface area contributed by atoms with Gasteiger partial charge < -0.3 is 19.5 Å². The van der Waals surface area contributed by atoms with Crippen LogP contribution in [0.2, 0.25) is 0 Å². The molecule has 0 fully saturated rings. The molecule has 0 saturated carbocycles. The van der Waals surface area contributed by atoms with Crippen molar-refractivity contribution in [3.63, 3.8) is 0 Å². The maximum Gasteiger partial charge on any atom is 0.471 e. The number of thiazole rings is 1. The first-order valence-electron chi connectivity index (χ1n) is 7.76. The molecule has 3 rings (SSSR count). The molecule has 0 aliphatic rings. The van der Waals surface area contributed by atoms with E-state index in [1.807, 2.05) is 6.92 Å². The van der Waals surface area contributed by atoms with Gasteiger partial charge in [-0.3, -0.25) is 9.32 Å². The van der Waals surface area contributed by atoms with Crippen LogP contribution in [0.25, 0.3) is 10.9 Å². The molecule has 2 aromatic heterocycles. The van der Waals surface area contributed by atoms with Crippen LogP contribution in [0.3, 0.4) is 0 Å². The lowest BCUT2D eigenvalue weighted by Crippen LogP contribution is -2.03. The van der Waals surface area contributed by atoms with Crippen LogP contribution >= 0.6 is 19.2 Å². The van der Waals surface area contributed by atoms with Crippen molar-refractivity contribution < 1.29 is 28.8 Å². The standard InChI is InChI=1S/C16H17N2O6PS/c1-2-14(19)12-8-26-16(17-12)15(20)11-7-18(9-24-25(21,22)23)13-6-4-3-5-10(11)13/h3-8,14,19H,2,9H2,1H3,(H2,21,22,23)/t14-/m0/s1. The first-order valence-corrected chi connectivity index (χ1v) is 10.2. The van der Waals surface area contributed by atoms with Crippen molar-refractivity contribution in [2.24, 2.45) is 0 Å². The Bertz CT molecular complexity index is 992. The molecule has 10 heteroatoms. The fourth-order valence-corrected chi connectivity index (χ4v) is 3.63. The van der Waals surface area contributed by atoms with Crippen molar-refractivity contribution >= 4 is 35.8 Å². The number of carbonyl (C=O) groups is 1. The smallest absolute Gasteiger partial charge is 0.387 e. The molecule has 0 saturated heterocycles. The Morgan fingerprint density at radius 1 is 1.38 bits per heavy atom. The quantitative estimate of drug-likeness (QED) is 0.415. The highest BCUT2D eigenvalue weighted by atomic mass is 32.1. The number of phosphoric ester groups is 1. The molecule has 0 bridgehead atoms. The van der Waals surface area contributed by atoms with Gasteiger partial charge in [-0.05, 0) is 12.5 Å². The van der Waals surface area contributed by atoms with Crippen molar-refractivity contribution in [3.05, 3.63) is 52.1 Å². The summed E-state index contributed by atoms with van der Waals surface area (Å²) >= 11 is 1.15. The van der Waals surface area contributed by atoms with Crippen LogP contribution in [0, 0.1) is 0 Å². The van der Waals surface area contributed by atoms with E-state index in [2.05, 4.69) is 9.51 Å². The Hall–Kier alpha value is -1.87. The normalized spacial score (nSPS) is 13.2. The van der Waals surface area contributed by atoms with Crippen molar-refractivity contribution in [3.8, 4) is 0 Å². The number of aliphatic hydroxyl groups excluding tert-OH is 1. The number of aromatic nitrogens is 2. The molecule has 2 heterocycles. The number of fused-ring (bicyclic) bond motifs is 1. The number of rotatable bonds is 7. The highest BCUT2D eigenvalue weighted by Gasteiger charge is 2.22. The number of phosphoric acid groups is 1. The third kappa shape index (κ3) is 3.93. The van der Waals surface area contributed by atoms with Gasteiger partial charge in [-0.15, -0.1) is 11.3 Å². The van der Waals surface area contributed by atoms with Gasteiger partial charge in [0, 0.05) is 17.0 Å². The summed E-state index contributed by atoms with van der Waals surface area (Å²) in [6, 6.07) is 6.99. The zero-order valence-corrected chi connectivity index (χ0v) is 15.5. The van der Waals surface area contributed by atoms with E-state index in [9.17, 15) is 14.5 Å². The number of ketones is 1. The summed E-state index contributed by atoms with van der Waals surface area (Å²) < 4.78 is 17.0. The molecule has 26 heavy (non-hydrogen) atoms. The van der Waals surface area contributed by atoms with Gasteiger partial charge in [0.15, 0.2) is 5.01 Å². The van der Waals surface area contributed by atoms with E-state index in [4.69, 9.17) is 9.79 Å². The lowest BCUT2D eigenvalue weighted by molar-refractivity contribution is 0.103. The first kappa shape index (κ1) is 18.9. The van der Waals surface area contributed by atoms with Gasteiger partial charge in [-0.1, -0.05) is 25.1 Å². The van der Waals surface area contributed by atoms with Crippen LogP contribution in [0.1, 0.15) is 40.5 Å². The lowest BCUT2D eigenvalue weighted by atomic mass is 10.1. The summed E-state index contributed by atoms with van der Waals surface area (Å²) in [7, 11) is -4.64. The fraction of sp³-hybridized carbons (Fsp3) is 0.250. The summed E-state index contributed by atoms with van der Waals surface area (Å²) in [5, 5.41) is 12.4. The maximum absolute atomic E-state index is 12.9. The highest BCUT2D eigenvalue weighted by Crippen LogP contribution is 2.37. The van der Waals surface area contributed by atoms with Crippen LogP contribution < -0.4 is 0 Å². The van der Waals surface area contributed by atoms with Crippen molar-refractivity contribution in [2.75, 3.05) is 0 Å². The molecule has 0 spiro atoms. The van der Waals surface area contributed by atoms with Gasteiger partial charge in [0.25, 0.3) is 0 Å². The van der Waals surface area contributed by atoms with E-state index in [0.29, 0.717) is 28.6 Å². The Morgan fingerprint density at radius 3 is 2.81 bits per heavy atom. The topological polar surface area (TPSA) is 122 Å². The average molecular weight is 396 g/mol. The number of hydrogen-bond donors (Lipinski definition) is 3. The first-order chi connectivity index (χ1) is 12.3. The number of aliphatic hydroxyl groups is 1. The van der Waals surface area contributed by atoms with Gasteiger partial charge in [0.1, 0.15) is 6.73 Å². The lowest BCUT2D eigenvalue weighted by Gasteiger charge is -2.07. The summed E-state index contributed by atoms with van der Waals surface area (Å²) in [5.41, 5.74) is 1.41. The number of para-hydroxylation sites is 1. The molecule has 0 amide bonds. The zero-order chi connectivity index (χ0) is 18.9. The van der Waals surface area contributed by atoms with Crippen molar-refractivity contribution in [1.82, 2.24) is 9.55 Å². The number of hydrogen-bond acceptors (Lipinski definition) is 6. The predicted molar refractivity (Wildman–Crippen MR) is 95.9 cm³/mol. The molecule has 0 aliphatic carbocycles. The van der Waals surface area contributed by atoms with Crippen molar-refractivity contribution in [2.45, 2.75) is 26.2 Å². The Balaban J connectivity index is 1.98. The Labute approximate surface area is 152 Å². The summed E-state index contributed by atoms with van der Waals surface area (Å²) in [6.45, 7) is 1.43. The second kappa shape index (κ2) is 7.40. The van der Waals surface area contributed by atoms with Gasteiger partial charge in [-0.25, -0.2) is 9.55 Å². The van der Waals surface area contributed by atoms with Crippen LogP contribution in [-0.2, 0) is 15.8 Å². The molecule has 1 atom stereocenters. The van der Waals surface area contributed by atoms with Gasteiger partial charge >= 0.3 is 7.82 Å². The SMILES string of the molecule is CC[C@H](O)c1csc(C(=O)c2cn(COP(=O)(O)O)c3ccccc23)n1. The van der Waals surface area contributed by atoms with Crippen molar-refractivity contribution in [1.29, 1.82) is 0 Å². The molecule has 0 aliphatic heterocycles. The number of benzene rings is 1. The van der Waals surface area contributed by atoms with Crippen LogP contribution in [0.4, 0.5) is 0 Å². The van der Waals surface area contributed by atoms with Crippen LogP contribution in [0.15, 0.2) is 35.8 Å². The second-order valence-corrected chi connectivity index (χ2v) is 7.71. The van der Waals surface area contributed by atoms with Gasteiger partial charge in [0.05, 0.1) is 22.9 Å². The van der Waals surface area contributed by atoms with E-state index < -0.39 is 20.7 Å². The minimum Gasteiger partial charge on any atom is -0.387 e. The molecule has 0 unspecified atom stereocenters. The molecule has 1 aromatic carbocycles. The maximum atomic E-state index is 12.9. The molecular weight excluding hydrogens is 379 g/mol. The number of nitrogens with zero attached hydrogens (tertiary/aromatic N) is 2. The molecular formula is C16H17N2O6PS. The summed E-state index contributed by atoms with van der Waals surface area (Å²) in [4.78, 5) is 34.9. The highest BCUT2D eigenvalue weighted by molar-refractivity contribution is 7.46. The monoisotopic (exact) mass is 396 g/mol. The fourth-order valence-electron chi connectivity index (χ4n) is 2.54. The summed E-state index contributed by atoms with van der Waals surface area (Å²) in [5.74, 6) is -0.323. The van der Waals surface area contributed by atoms with Crippen LogP contribution in [0.5, 0.6) is 0 Å². The molecule has 3 N–H and O–H groups in total. The van der Waals surface area contributed by atoms with E-state index in [0.717, 1.165) is 11.3 Å². The molecule has 138 valence electrons. The van der Waals surface area contributed by atoms with Gasteiger partial charge in [0.2, 0.25) is 5.78 Å². The van der Waals surface area contributed by atoms with Gasteiger partial charge in [-0.2, -0.15) is 0 Å². The van der Waals surface area contributed by atoms with E-state index >= 15 is 0 Å². The molecule has 8 nitrogen and oxygen atoms in total. The minimum atomic E-state index is -4.64. The Morgan fingerprint density at radius 2 is 2.12 bits per heavy atom. The predicted octanol–water partition coefficient (Wildman–Crippen LogP) is 2.84.